The Morgan fingerprint density at radius 3 is 2.78 bits per heavy atom. The molecule has 0 aromatic heterocycles. The fraction of sp³-hybridized carbons (Fsp3) is 0.167. The SMILES string of the molecule is CC1=CC=CC(N)=S1O. The Morgan fingerprint density at radius 1 is 1.67 bits per heavy atom. The van der Waals surface area contributed by atoms with E-state index in [1.54, 1.807) is 6.08 Å². The van der Waals surface area contributed by atoms with Crippen molar-refractivity contribution in [1.29, 1.82) is 0 Å². The lowest BCUT2D eigenvalue weighted by Gasteiger charge is -2.06. The van der Waals surface area contributed by atoms with E-state index in [1.807, 2.05) is 19.1 Å². The van der Waals surface area contributed by atoms with Crippen LogP contribution >= 0.6 is 10.8 Å². The topological polar surface area (TPSA) is 46.2 Å². The van der Waals surface area contributed by atoms with E-state index in [1.165, 1.54) is 0 Å². The van der Waals surface area contributed by atoms with Gasteiger partial charge in [-0.15, -0.1) is 0 Å². The first-order chi connectivity index (χ1) is 4.22. The van der Waals surface area contributed by atoms with Crippen molar-refractivity contribution >= 4 is 15.8 Å². The number of nitrogens with two attached hydrogens (primary N) is 1. The molecule has 0 fully saturated rings. The Bertz CT molecular complexity index is 215. The smallest absolute Gasteiger partial charge is 0.0656 e. The van der Waals surface area contributed by atoms with Gasteiger partial charge in [0.1, 0.15) is 0 Å². The monoisotopic (exact) mass is 143 g/mol. The molecule has 0 aromatic carbocycles. The summed E-state index contributed by atoms with van der Waals surface area (Å²) in [5, 5.41) is 0. The minimum atomic E-state index is -0.811. The molecule has 1 unspecified atom stereocenters. The molecule has 3 N–H and O–H groups in total. The maximum atomic E-state index is 9.19. The molecule has 9 heavy (non-hydrogen) atoms. The lowest BCUT2D eigenvalue weighted by Crippen LogP contribution is -2.09. The molecule has 1 heterocycles. The van der Waals surface area contributed by atoms with E-state index in [2.05, 4.69) is 0 Å². The molecule has 1 atom stereocenters. The molecule has 50 valence electrons. The Balaban J connectivity index is 3.06. The summed E-state index contributed by atoms with van der Waals surface area (Å²) in [7, 11) is -0.811. The molecule has 0 aromatic rings. The van der Waals surface area contributed by atoms with Crippen LogP contribution in [0.3, 0.4) is 0 Å². The van der Waals surface area contributed by atoms with Gasteiger partial charge in [0.15, 0.2) is 0 Å². The van der Waals surface area contributed by atoms with Crippen LogP contribution in [0.1, 0.15) is 6.92 Å². The van der Waals surface area contributed by atoms with Gasteiger partial charge in [-0.05, 0) is 23.8 Å². The number of hydrogen-bond donors (Lipinski definition) is 2. The Kier molecular flexibility index (Phi) is 1.85. The van der Waals surface area contributed by atoms with Crippen molar-refractivity contribution in [2.45, 2.75) is 6.92 Å². The summed E-state index contributed by atoms with van der Waals surface area (Å²) in [6.45, 7) is 1.86. The molecular weight excluding hydrogens is 134 g/mol. The van der Waals surface area contributed by atoms with Gasteiger partial charge in [-0.3, -0.25) is 5.73 Å². The molecule has 0 radical (unpaired) electrons. The van der Waals surface area contributed by atoms with Crippen LogP contribution in [0, 0.1) is 0 Å². The third kappa shape index (κ3) is 1.30. The Morgan fingerprint density at radius 2 is 2.33 bits per heavy atom. The number of rotatable bonds is 0. The fourth-order valence-corrected chi connectivity index (χ4v) is 1.38. The van der Waals surface area contributed by atoms with Crippen molar-refractivity contribution in [2.75, 3.05) is 0 Å². The van der Waals surface area contributed by atoms with Crippen LogP contribution in [-0.2, 0) is 0 Å². The van der Waals surface area contributed by atoms with E-state index < -0.39 is 10.8 Å². The largest absolute Gasteiger partial charge is 0.332 e. The maximum absolute atomic E-state index is 9.19. The summed E-state index contributed by atoms with van der Waals surface area (Å²) in [5.74, 6) is 0. The highest BCUT2D eigenvalue weighted by Crippen LogP contribution is 2.22. The van der Waals surface area contributed by atoms with Crippen LogP contribution in [0.15, 0.2) is 23.1 Å². The molecule has 0 amide bonds. The van der Waals surface area contributed by atoms with Gasteiger partial charge < -0.3 is 4.55 Å². The second-order valence-corrected chi connectivity index (χ2v) is 3.51. The highest BCUT2D eigenvalue weighted by atomic mass is 32.2. The first-order valence-electron chi connectivity index (χ1n) is 2.62. The van der Waals surface area contributed by atoms with Crippen molar-refractivity contribution in [3.8, 4) is 0 Å². The average molecular weight is 143 g/mol. The van der Waals surface area contributed by atoms with Crippen LogP contribution in [0.25, 0.3) is 0 Å². The maximum Gasteiger partial charge on any atom is 0.0656 e. The van der Waals surface area contributed by atoms with Gasteiger partial charge in [-0.1, -0.05) is 12.2 Å². The van der Waals surface area contributed by atoms with Crippen LogP contribution in [0.5, 0.6) is 0 Å². The lowest BCUT2D eigenvalue weighted by atomic mass is 10.4. The summed E-state index contributed by atoms with van der Waals surface area (Å²) < 4.78 is 9.19. The second-order valence-electron chi connectivity index (χ2n) is 1.82. The third-order valence-corrected chi connectivity index (χ3v) is 2.45. The molecule has 1 aliphatic heterocycles. The van der Waals surface area contributed by atoms with E-state index in [4.69, 9.17) is 5.73 Å². The van der Waals surface area contributed by atoms with E-state index in [-0.39, 0.29) is 0 Å². The van der Waals surface area contributed by atoms with Gasteiger partial charge in [-0.25, -0.2) is 0 Å². The highest BCUT2D eigenvalue weighted by Gasteiger charge is 1.99. The second kappa shape index (κ2) is 2.47. The number of hydrogen-bond acceptors (Lipinski definition) is 2. The summed E-state index contributed by atoms with van der Waals surface area (Å²) >= 11 is 0. The van der Waals surface area contributed by atoms with Crippen molar-refractivity contribution in [3.63, 3.8) is 0 Å². The van der Waals surface area contributed by atoms with E-state index in [0.29, 0.717) is 4.99 Å². The predicted octanol–water partition coefficient (Wildman–Crippen LogP) is 1.29. The predicted molar refractivity (Wildman–Crippen MR) is 42.3 cm³/mol. The van der Waals surface area contributed by atoms with Crippen molar-refractivity contribution in [3.05, 3.63) is 23.1 Å². The van der Waals surface area contributed by atoms with Crippen molar-refractivity contribution < 1.29 is 4.55 Å². The normalized spacial score (nSPS) is 26.3. The Labute approximate surface area is 56.8 Å². The average Bonchev–Trinajstić information content (AvgIpc) is 1.83. The van der Waals surface area contributed by atoms with Crippen LogP contribution in [0.4, 0.5) is 0 Å². The van der Waals surface area contributed by atoms with Crippen molar-refractivity contribution in [2.24, 2.45) is 5.73 Å². The quantitative estimate of drug-likeness (QED) is 0.502. The van der Waals surface area contributed by atoms with Crippen LogP contribution < -0.4 is 5.73 Å². The minimum Gasteiger partial charge on any atom is -0.332 e. The molecule has 0 bridgehead atoms. The van der Waals surface area contributed by atoms with Gasteiger partial charge in [-0.2, -0.15) is 0 Å². The zero-order chi connectivity index (χ0) is 6.85. The van der Waals surface area contributed by atoms with Gasteiger partial charge in [0.05, 0.1) is 4.99 Å². The zero-order valence-corrected chi connectivity index (χ0v) is 5.98. The van der Waals surface area contributed by atoms with E-state index in [9.17, 15) is 4.55 Å². The first-order valence-corrected chi connectivity index (χ1v) is 3.81. The summed E-state index contributed by atoms with van der Waals surface area (Å²) in [6, 6.07) is 0. The first kappa shape index (κ1) is 6.74. The molecule has 2 nitrogen and oxygen atoms in total. The molecule has 3 heteroatoms. The van der Waals surface area contributed by atoms with Crippen molar-refractivity contribution in [1.82, 2.24) is 0 Å². The lowest BCUT2D eigenvalue weighted by molar-refractivity contribution is 0.665. The molecule has 1 rings (SSSR count). The molecule has 1 aliphatic rings. The van der Waals surface area contributed by atoms with Gasteiger partial charge in [0.2, 0.25) is 0 Å². The van der Waals surface area contributed by atoms with Crippen LogP contribution in [-0.4, -0.2) is 9.54 Å². The molecule has 0 saturated heterocycles. The zero-order valence-electron chi connectivity index (χ0n) is 5.16. The summed E-state index contributed by atoms with van der Waals surface area (Å²) in [4.78, 5) is 1.48. The summed E-state index contributed by atoms with van der Waals surface area (Å²) in [6.07, 6.45) is 5.42. The minimum absolute atomic E-state index is 0.551. The fourth-order valence-electron chi connectivity index (χ4n) is 0.593. The third-order valence-electron chi connectivity index (χ3n) is 1.12. The summed E-state index contributed by atoms with van der Waals surface area (Å²) in [5.41, 5.74) is 5.42. The molecule has 0 saturated carbocycles. The Hall–Kier alpha value is -0.380. The molecule has 0 aliphatic carbocycles. The van der Waals surface area contributed by atoms with Crippen LogP contribution in [0.2, 0.25) is 0 Å². The van der Waals surface area contributed by atoms with E-state index in [0.717, 1.165) is 4.91 Å². The highest BCUT2D eigenvalue weighted by molar-refractivity contribution is 8.14. The van der Waals surface area contributed by atoms with E-state index >= 15 is 0 Å². The number of allylic oxidation sites excluding steroid dienone is 3. The standard InChI is InChI=1S/C6H9NOS/c1-5-3-2-4-6(7)9(5)8/h2-4,8H,7H2,1H3. The molecular formula is C6H9NOS. The van der Waals surface area contributed by atoms with Gasteiger partial charge in [0, 0.05) is 4.91 Å². The van der Waals surface area contributed by atoms with Gasteiger partial charge >= 0.3 is 0 Å². The molecule has 0 spiro atoms. The van der Waals surface area contributed by atoms with Gasteiger partial charge in [0.25, 0.3) is 0 Å².